The second-order valence-corrected chi connectivity index (χ2v) is 3.50. The molecule has 0 bridgehead atoms. The van der Waals surface area contributed by atoms with Crippen molar-refractivity contribution in [3.63, 3.8) is 0 Å². The standard InChI is InChI=1S/C5H6N2S3/c1-10-5-6-3(8)2-4(9)7-5/h2H2,1H3,(H,6,7,8,9). The molecule has 0 amide bonds. The third-order valence-corrected chi connectivity index (χ3v) is 2.04. The molecule has 10 heavy (non-hydrogen) atoms. The molecule has 0 atom stereocenters. The van der Waals surface area contributed by atoms with E-state index in [1.807, 2.05) is 6.26 Å². The Morgan fingerprint density at radius 1 is 1.60 bits per heavy atom. The summed E-state index contributed by atoms with van der Waals surface area (Å²) in [6, 6.07) is 0. The van der Waals surface area contributed by atoms with E-state index in [1.165, 1.54) is 11.8 Å². The minimum Gasteiger partial charge on any atom is -0.329 e. The van der Waals surface area contributed by atoms with Gasteiger partial charge in [0.25, 0.3) is 0 Å². The van der Waals surface area contributed by atoms with E-state index < -0.39 is 0 Å². The van der Waals surface area contributed by atoms with E-state index in [2.05, 4.69) is 10.3 Å². The van der Waals surface area contributed by atoms with Gasteiger partial charge >= 0.3 is 0 Å². The maximum Gasteiger partial charge on any atom is 0.166 e. The van der Waals surface area contributed by atoms with Gasteiger partial charge in [0.15, 0.2) is 5.17 Å². The van der Waals surface area contributed by atoms with Gasteiger partial charge in [0.1, 0.15) is 4.99 Å². The first-order chi connectivity index (χ1) is 4.72. The second-order valence-electron chi connectivity index (χ2n) is 1.74. The first-order valence-electron chi connectivity index (χ1n) is 2.67. The highest BCUT2D eigenvalue weighted by Crippen LogP contribution is 2.04. The maximum absolute atomic E-state index is 4.93. The van der Waals surface area contributed by atoms with Crippen LogP contribution >= 0.6 is 36.2 Å². The fourth-order valence-corrected chi connectivity index (χ4v) is 1.69. The van der Waals surface area contributed by atoms with Crippen LogP contribution < -0.4 is 5.32 Å². The topological polar surface area (TPSA) is 24.4 Å². The number of thiocarbonyl (C=S) groups is 2. The maximum atomic E-state index is 4.93. The lowest BCUT2D eigenvalue weighted by Crippen LogP contribution is -2.32. The molecule has 0 aromatic carbocycles. The minimum absolute atomic E-state index is 0.620. The molecule has 0 saturated heterocycles. The molecule has 1 N–H and O–H groups in total. The molecular formula is C5H6N2S3. The third-order valence-electron chi connectivity index (χ3n) is 0.978. The SMILES string of the molecule is CSC1=NC(=S)CC(=S)N1. The zero-order chi connectivity index (χ0) is 7.56. The first-order valence-corrected chi connectivity index (χ1v) is 4.72. The van der Waals surface area contributed by atoms with Crippen molar-refractivity contribution < 1.29 is 0 Å². The molecule has 0 unspecified atom stereocenters. The largest absolute Gasteiger partial charge is 0.329 e. The Morgan fingerprint density at radius 2 is 2.30 bits per heavy atom. The summed E-state index contributed by atoms with van der Waals surface area (Å²) >= 11 is 11.3. The van der Waals surface area contributed by atoms with Crippen molar-refractivity contribution in [3.8, 4) is 0 Å². The number of aliphatic imine (C=N–C) groups is 1. The highest BCUT2D eigenvalue weighted by Gasteiger charge is 2.10. The molecule has 0 aromatic heterocycles. The lowest BCUT2D eigenvalue weighted by atomic mass is 10.4. The molecule has 0 aromatic rings. The predicted octanol–water partition coefficient (Wildman–Crippen LogP) is 1.35. The third kappa shape index (κ3) is 2.00. The van der Waals surface area contributed by atoms with Crippen molar-refractivity contribution >= 4 is 51.3 Å². The van der Waals surface area contributed by atoms with E-state index >= 15 is 0 Å². The number of amidine groups is 1. The van der Waals surface area contributed by atoms with Crippen molar-refractivity contribution in [3.05, 3.63) is 0 Å². The molecule has 1 aliphatic rings. The average molecular weight is 190 g/mol. The Bertz CT molecular complexity index is 209. The van der Waals surface area contributed by atoms with E-state index in [-0.39, 0.29) is 0 Å². The summed E-state index contributed by atoms with van der Waals surface area (Å²) in [7, 11) is 0. The molecule has 1 aliphatic heterocycles. The second kappa shape index (κ2) is 3.41. The molecular weight excluding hydrogens is 184 g/mol. The van der Waals surface area contributed by atoms with Gasteiger partial charge < -0.3 is 5.32 Å². The van der Waals surface area contributed by atoms with Crippen LogP contribution in [-0.4, -0.2) is 21.4 Å². The summed E-state index contributed by atoms with van der Waals surface area (Å²) in [4.78, 5) is 5.51. The smallest absolute Gasteiger partial charge is 0.166 e. The van der Waals surface area contributed by atoms with Crippen LogP contribution in [0.15, 0.2) is 4.99 Å². The zero-order valence-electron chi connectivity index (χ0n) is 5.38. The van der Waals surface area contributed by atoms with Crippen molar-refractivity contribution in [1.29, 1.82) is 0 Å². The van der Waals surface area contributed by atoms with Gasteiger partial charge in [-0.15, -0.1) is 0 Å². The Labute approximate surface area is 74.5 Å². The van der Waals surface area contributed by atoms with Crippen LogP contribution in [0.25, 0.3) is 0 Å². The van der Waals surface area contributed by atoms with Crippen LogP contribution in [0, 0.1) is 0 Å². The monoisotopic (exact) mass is 190 g/mol. The Kier molecular flexibility index (Phi) is 2.76. The van der Waals surface area contributed by atoms with Crippen LogP contribution in [0.2, 0.25) is 0 Å². The summed E-state index contributed by atoms with van der Waals surface area (Å²) in [5.41, 5.74) is 0. The molecule has 5 heteroatoms. The number of rotatable bonds is 0. The van der Waals surface area contributed by atoms with Crippen LogP contribution in [-0.2, 0) is 0 Å². The fraction of sp³-hybridized carbons (Fsp3) is 0.400. The van der Waals surface area contributed by atoms with E-state index in [0.717, 1.165) is 10.2 Å². The molecule has 0 saturated carbocycles. The van der Waals surface area contributed by atoms with Gasteiger partial charge in [0.2, 0.25) is 0 Å². The lowest BCUT2D eigenvalue weighted by Gasteiger charge is -2.13. The van der Waals surface area contributed by atoms with Crippen LogP contribution in [0.1, 0.15) is 6.42 Å². The minimum atomic E-state index is 0.620. The molecule has 54 valence electrons. The number of hydrogen-bond donors (Lipinski definition) is 1. The summed E-state index contributed by atoms with van der Waals surface area (Å²) in [6.07, 6.45) is 2.55. The number of thioether (sulfide) groups is 1. The van der Waals surface area contributed by atoms with Gasteiger partial charge in [-0.2, -0.15) is 0 Å². The quantitative estimate of drug-likeness (QED) is 0.583. The van der Waals surface area contributed by atoms with E-state index in [4.69, 9.17) is 24.4 Å². The van der Waals surface area contributed by atoms with Gasteiger partial charge in [-0.1, -0.05) is 36.2 Å². The Balaban J connectivity index is 2.74. The van der Waals surface area contributed by atoms with Crippen molar-refractivity contribution in [2.75, 3.05) is 6.26 Å². The summed E-state index contributed by atoms with van der Waals surface area (Å²) < 4.78 is 0. The van der Waals surface area contributed by atoms with Crippen molar-refractivity contribution in [2.24, 2.45) is 4.99 Å². The molecule has 2 nitrogen and oxygen atoms in total. The lowest BCUT2D eigenvalue weighted by molar-refractivity contribution is 1.31. The molecule has 0 radical (unpaired) electrons. The van der Waals surface area contributed by atoms with Crippen molar-refractivity contribution in [2.45, 2.75) is 6.42 Å². The van der Waals surface area contributed by atoms with Crippen LogP contribution in [0.4, 0.5) is 0 Å². The number of nitrogens with zero attached hydrogens (tertiary/aromatic N) is 1. The summed E-state index contributed by atoms with van der Waals surface area (Å²) in [5.74, 6) is 0. The highest BCUT2D eigenvalue weighted by molar-refractivity contribution is 8.13. The molecule has 0 fully saturated rings. The molecule has 0 aliphatic carbocycles. The van der Waals surface area contributed by atoms with Gasteiger partial charge in [-0.25, -0.2) is 4.99 Å². The van der Waals surface area contributed by atoms with Gasteiger partial charge in [0.05, 0.1) is 11.4 Å². The average Bonchev–Trinajstić information content (AvgIpc) is 1.85. The highest BCUT2D eigenvalue weighted by atomic mass is 32.2. The Morgan fingerprint density at radius 3 is 2.80 bits per heavy atom. The summed E-state index contributed by atoms with van der Waals surface area (Å²) in [6.45, 7) is 0. The summed E-state index contributed by atoms with van der Waals surface area (Å²) in [5, 5.41) is 3.76. The fourth-order valence-electron chi connectivity index (χ4n) is 0.578. The molecule has 0 spiro atoms. The molecule has 1 heterocycles. The van der Waals surface area contributed by atoms with Gasteiger partial charge in [-0.05, 0) is 6.26 Å². The van der Waals surface area contributed by atoms with E-state index in [0.29, 0.717) is 11.4 Å². The number of hydrogen-bond acceptors (Lipinski definition) is 3. The first kappa shape index (κ1) is 8.10. The van der Waals surface area contributed by atoms with Gasteiger partial charge in [0, 0.05) is 0 Å². The Hall–Kier alpha value is -0.0000000000000000555. The van der Waals surface area contributed by atoms with Gasteiger partial charge in [-0.3, -0.25) is 0 Å². The normalized spacial score (nSPS) is 18.3. The predicted molar refractivity (Wildman–Crippen MR) is 53.9 cm³/mol. The van der Waals surface area contributed by atoms with Crippen LogP contribution in [0.5, 0.6) is 0 Å². The van der Waals surface area contributed by atoms with Crippen LogP contribution in [0.3, 0.4) is 0 Å². The number of nitrogens with one attached hydrogen (secondary N) is 1. The van der Waals surface area contributed by atoms with Crippen molar-refractivity contribution in [1.82, 2.24) is 5.32 Å². The van der Waals surface area contributed by atoms with E-state index in [9.17, 15) is 0 Å². The zero-order valence-corrected chi connectivity index (χ0v) is 7.83. The van der Waals surface area contributed by atoms with E-state index in [1.54, 1.807) is 0 Å². The molecule has 1 rings (SSSR count).